The molecule has 1 atom stereocenters. The Morgan fingerprint density at radius 3 is 2.58 bits per heavy atom. The van der Waals surface area contributed by atoms with Crippen LogP contribution in [0.5, 0.6) is 0 Å². The second-order valence-corrected chi connectivity index (χ2v) is 5.15. The van der Waals surface area contributed by atoms with E-state index in [0.717, 1.165) is 6.54 Å². The average molecular weight is 267 g/mol. The molecular formula is C15H22FNO2. The van der Waals surface area contributed by atoms with Gasteiger partial charge >= 0.3 is 0 Å². The monoisotopic (exact) mass is 267 g/mol. The average Bonchev–Trinajstić information content (AvgIpc) is 3.22. The topological polar surface area (TPSA) is 32.7 Å². The van der Waals surface area contributed by atoms with Gasteiger partial charge in [0.25, 0.3) is 0 Å². The van der Waals surface area contributed by atoms with Crippen molar-refractivity contribution in [2.45, 2.75) is 18.9 Å². The molecule has 106 valence electrons. The molecule has 1 N–H and O–H groups in total. The molecule has 0 bridgehead atoms. The minimum absolute atomic E-state index is 0.0632. The fourth-order valence-electron chi connectivity index (χ4n) is 2.47. The van der Waals surface area contributed by atoms with Gasteiger partial charge in [-0.3, -0.25) is 4.90 Å². The van der Waals surface area contributed by atoms with Gasteiger partial charge in [-0.25, -0.2) is 4.39 Å². The second-order valence-electron chi connectivity index (χ2n) is 5.15. The minimum Gasteiger partial charge on any atom is -0.394 e. The lowest BCUT2D eigenvalue weighted by molar-refractivity contribution is 0.0677. The third-order valence-corrected chi connectivity index (χ3v) is 3.58. The van der Waals surface area contributed by atoms with Crippen LogP contribution in [0.15, 0.2) is 24.3 Å². The molecule has 19 heavy (non-hydrogen) atoms. The third-order valence-electron chi connectivity index (χ3n) is 3.58. The number of rotatable bonds is 8. The zero-order chi connectivity index (χ0) is 13.7. The SMILES string of the molecule is CN(CCOCCO)C(c1ccc(F)cc1)C1CC1. The lowest BCUT2D eigenvalue weighted by Crippen LogP contribution is -2.29. The zero-order valence-electron chi connectivity index (χ0n) is 11.4. The molecule has 0 saturated heterocycles. The second kappa shape index (κ2) is 6.98. The summed E-state index contributed by atoms with van der Waals surface area (Å²) in [6.07, 6.45) is 2.48. The van der Waals surface area contributed by atoms with E-state index in [2.05, 4.69) is 11.9 Å². The van der Waals surface area contributed by atoms with E-state index in [-0.39, 0.29) is 12.4 Å². The molecule has 0 radical (unpaired) electrons. The summed E-state index contributed by atoms with van der Waals surface area (Å²) in [5.74, 6) is 0.487. The number of benzene rings is 1. The van der Waals surface area contributed by atoms with E-state index in [1.807, 2.05) is 12.1 Å². The quantitative estimate of drug-likeness (QED) is 0.733. The van der Waals surface area contributed by atoms with Crippen molar-refractivity contribution in [3.63, 3.8) is 0 Å². The van der Waals surface area contributed by atoms with Gasteiger partial charge in [-0.15, -0.1) is 0 Å². The molecule has 1 unspecified atom stereocenters. The Labute approximate surface area is 114 Å². The van der Waals surface area contributed by atoms with Crippen molar-refractivity contribution in [1.82, 2.24) is 4.90 Å². The molecule has 3 nitrogen and oxygen atoms in total. The maximum absolute atomic E-state index is 13.0. The number of likely N-dealkylation sites (N-methyl/N-ethyl adjacent to an activating group) is 1. The zero-order valence-corrected chi connectivity index (χ0v) is 11.4. The predicted octanol–water partition coefficient (Wildman–Crippen LogP) is 2.22. The highest BCUT2D eigenvalue weighted by Crippen LogP contribution is 2.43. The summed E-state index contributed by atoms with van der Waals surface area (Å²) in [7, 11) is 2.08. The molecule has 0 amide bonds. The van der Waals surface area contributed by atoms with Crippen molar-refractivity contribution in [2.75, 3.05) is 33.4 Å². The fourth-order valence-corrected chi connectivity index (χ4v) is 2.47. The van der Waals surface area contributed by atoms with Crippen molar-refractivity contribution in [1.29, 1.82) is 0 Å². The Morgan fingerprint density at radius 2 is 2.00 bits per heavy atom. The minimum atomic E-state index is -0.188. The Morgan fingerprint density at radius 1 is 1.32 bits per heavy atom. The lowest BCUT2D eigenvalue weighted by Gasteiger charge is -2.28. The molecule has 1 saturated carbocycles. The molecule has 4 heteroatoms. The van der Waals surface area contributed by atoms with E-state index in [1.165, 1.54) is 30.5 Å². The van der Waals surface area contributed by atoms with E-state index in [1.54, 1.807) is 0 Å². The molecule has 0 heterocycles. The smallest absolute Gasteiger partial charge is 0.123 e. The molecular weight excluding hydrogens is 245 g/mol. The molecule has 0 aliphatic heterocycles. The van der Waals surface area contributed by atoms with E-state index in [0.29, 0.717) is 25.2 Å². The van der Waals surface area contributed by atoms with Gasteiger partial charge in [-0.2, -0.15) is 0 Å². The first-order valence-corrected chi connectivity index (χ1v) is 6.86. The number of halogens is 1. The van der Waals surface area contributed by atoms with Crippen LogP contribution in [0.4, 0.5) is 4.39 Å². The Balaban J connectivity index is 1.93. The summed E-state index contributed by atoms with van der Waals surface area (Å²) in [6.45, 7) is 1.88. The van der Waals surface area contributed by atoms with E-state index >= 15 is 0 Å². The van der Waals surface area contributed by atoms with Crippen LogP contribution in [0.2, 0.25) is 0 Å². The van der Waals surface area contributed by atoms with E-state index in [4.69, 9.17) is 9.84 Å². The molecule has 1 fully saturated rings. The maximum Gasteiger partial charge on any atom is 0.123 e. The summed E-state index contributed by atoms with van der Waals surface area (Å²) in [5, 5.41) is 8.67. The summed E-state index contributed by atoms with van der Waals surface area (Å²) in [6, 6.07) is 7.16. The molecule has 0 spiro atoms. The Kier molecular flexibility index (Phi) is 5.31. The van der Waals surface area contributed by atoms with Crippen LogP contribution < -0.4 is 0 Å². The van der Waals surface area contributed by atoms with Crippen LogP contribution >= 0.6 is 0 Å². The first kappa shape index (κ1) is 14.4. The van der Waals surface area contributed by atoms with Gasteiger partial charge < -0.3 is 9.84 Å². The number of nitrogens with zero attached hydrogens (tertiary/aromatic N) is 1. The van der Waals surface area contributed by atoms with Crippen LogP contribution in [0, 0.1) is 11.7 Å². The van der Waals surface area contributed by atoms with Crippen molar-refractivity contribution in [3.8, 4) is 0 Å². The number of aliphatic hydroxyl groups excluding tert-OH is 1. The number of hydrogen-bond acceptors (Lipinski definition) is 3. The molecule has 2 rings (SSSR count). The third kappa shape index (κ3) is 4.27. The first-order valence-electron chi connectivity index (χ1n) is 6.86. The number of aliphatic hydroxyl groups is 1. The normalized spacial score (nSPS) is 16.8. The Hall–Kier alpha value is -0.970. The summed E-state index contributed by atoms with van der Waals surface area (Å²) < 4.78 is 18.3. The van der Waals surface area contributed by atoms with Crippen LogP contribution in [-0.2, 0) is 4.74 Å². The van der Waals surface area contributed by atoms with E-state index < -0.39 is 0 Å². The highest BCUT2D eigenvalue weighted by molar-refractivity contribution is 5.22. The fraction of sp³-hybridized carbons (Fsp3) is 0.600. The predicted molar refractivity (Wildman–Crippen MR) is 72.4 cm³/mol. The largest absolute Gasteiger partial charge is 0.394 e. The van der Waals surface area contributed by atoms with Crippen molar-refractivity contribution >= 4 is 0 Å². The highest BCUT2D eigenvalue weighted by atomic mass is 19.1. The van der Waals surface area contributed by atoms with E-state index in [9.17, 15) is 4.39 Å². The highest BCUT2D eigenvalue weighted by Gasteiger charge is 2.34. The van der Waals surface area contributed by atoms with Crippen LogP contribution in [0.25, 0.3) is 0 Å². The lowest BCUT2D eigenvalue weighted by atomic mass is 10.0. The Bertz CT molecular complexity index is 378. The van der Waals surface area contributed by atoms with Crippen LogP contribution in [0.3, 0.4) is 0 Å². The standard InChI is InChI=1S/C15H22FNO2/c1-17(8-10-19-11-9-18)15(12-2-3-12)13-4-6-14(16)7-5-13/h4-7,12,15,18H,2-3,8-11H2,1H3. The number of hydrogen-bond donors (Lipinski definition) is 1. The summed E-state index contributed by atoms with van der Waals surface area (Å²) >= 11 is 0. The van der Waals surface area contributed by atoms with Gasteiger partial charge in [0, 0.05) is 12.6 Å². The van der Waals surface area contributed by atoms with Crippen molar-refractivity contribution < 1.29 is 14.2 Å². The molecule has 1 aliphatic carbocycles. The van der Waals surface area contributed by atoms with Gasteiger partial charge in [0.15, 0.2) is 0 Å². The van der Waals surface area contributed by atoms with Crippen molar-refractivity contribution in [3.05, 3.63) is 35.6 Å². The summed E-state index contributed by atoms with van der Waals surface area (Å²) in [5.41, 5.74) is 1.17. The van der Waals surface area contributed by atoms with Crippen LogP contribution in [-0.4, -0.2) is 43.4 Å². The summed E-state index contributed by atoms with van der Waals surface area (Å²) in [4.78, 5) is 2.27. The number of ether oxygens (including phenoxy) is 1. The van der Waals surface area contributed by atoms with Gasteiger partial charge in [0.2, 0.25) is 0 Å². The van der Waals surface area contributed by atoms with Gasteiger partial charge in [-0.05, 0) is 43.5 Å². The van der Waals surface area contributed by atoms with Gasteiger partial charge in [0.05, 0.1) is 19.8 Å². The molecule has 1 aromatic carbocycles. The molecule has 0 aromatic heterocycles. The maximum atomic E-state index is 13.0. The molecule has 1 aliphatic rings. The van der Waals surface area contributed by atoms with Crippen LogP contribution in [0.1, 0.15) is 24.4 Å². The van der Waals surface area contributed by atoms with Crippen molar-refractivity contribution in [2.24, 2.45) is 5.92 Å². The van der Waals surface area contributed by atoms with Gasteiger partial charge in [0.1, 0.15) is 5.82 Å². The van der Waals surface area contributed by atoms with Gasteiger partial charge in [-0.1, -0.05) is 12.1 Å². The molecule has 1 aromatic rings. The first-order chi connectivity index (χ1) is 9.22.